The van der Waals surface area contributed by atoms with Gasteiger partial charge in [-0.3, -0.25) is 0 Å². The summed E-state index contributed by atoms with van der Waals surface area (Å²) in [4.78, 5) is 9.05. The predicted octanol–water partition coefficient (Wildman–Crippen LogP) is 2.12. The maximum Gasteiger partial charge on any atom is 0.123 e. The second kappa shape index (κ2) is 6.10. The van der Waals surface area contributed by atoms with E-state index < -0.39 is 0 Å². The van der Waals surface area contributed by atoms with Crippen molar-refractivity contribution in [3.63, 3.8) is 0 Å². The third-order valence-corrected chi connectivity index (χ3v) is 3.78. The van der Waals surface area contributed by atoms with Crippen molar-refractivity contribution in [1.82, 2.24) is 24.4 Å². The Kier molecular flexibility index (Phi) is 4.01. The third kappa shape index (κ3) is 2.83. The molecule has 0 radical (unpaired) electrons. The minimum Gasteiger partial charge on any atom is -0.338 e. The fourth-order valence-corrected chi connectivity index (χ4v) is 2.65. The van der Waals surface area contributed by atoms with Crippen molar-refractivity contribution in [2.75, 3.05) is 6.54 Å². The van der Waals surface area contributed by atoms with E-state index in [0.717, 1.165) is 43.2 Å². The maximum atomic E-state index is 4.72. The van der Waals surface area contributed by atoms with Crippen LogP contribution in [0.3, 0.4) is 0 Å². The summed E-state index contributed by atoms with van der Waals surface area (Å²) in [6.45, 7) is 4.78. The SMILES string of the molecule is CCn1c(CNCCc2nccn2C)nc2ccccc21. The number of fused-ring (bicyclic) bond motifs is 1. The minimum absolute atomic E-state index is 0.785. The second-order valence-electron chi connectivity index (χ2n) is 5.14. The van der Waals surface area contributed by atoms with E-state index in [1.165, 1.54) is 5.52 Å². The Hall–Kier alpha value is -2.14. The Balaban J connectivity index is 1.64. The Labute approximate surface area is 124 Å². The zero-order valence-electron chi connectivity index (χ0n) is 12.6. The van der Waals surface area contributed by atoms with E-state index in [-0.39, 0.29) is 0 Å². The molecule has 0 saturated carbocycles. The molecule has 3 aromatic rings. The molecule has 0 aliphatic rings. The summed E-state index contributed by atoms with van der Waals surface area (Å²) in [7, 11) is 2.03. The number of para-hydroxylation sites is 2. The number of hydrogen-bond donors (Lipinski definition) is 1. The van der Waals surface area contributed by atoms with E-state index in [9.17, 15) is 0 Å². The topological polar surface area (TPSA) is 47.7 Å². The molecule has 0 unspecified atom stereocenters. The average molecular weight is 283 g/mol. The molecule has 0 amide bonds. The van der Waals surface area contributed by atoms with Crippen molar-refractivity contribution in [3.05, 3.63) is 48.3 Å². The summed E-state index contributed by atoms with van der Waals surface area (Å²) < 4.78 is 4.33. The van der Waals surface area contributed by atoms with Crippen LogP contribution in [0.25, 0.3) is 11.0 Å². The monoisotopic (exact) mass is 283 g/mol. The lowest BCUT2D eigenvalue weighted by atomic mass is 10.3. The Morgan fingerprint density at radius 3 is 2.81 bits per heavy atom. The molecule has 0 fully saturated rings. The molecule has 21 heavy (non-hydrogen) atoms. The van der Waals surface area contributed by atoms with E-state index in [1.807, 2.05) is 25.5 Å². The summed E-state index contributed by atoms with van der Waals surface area (Å²) in [5.41, 5.74) is 2.28. The van der Waals surface area contributed by atoms with Crippen LogP contribution in [0.4, 0.5) is 0 Å². The van der Waals surface area contributed by atoms with Gasteiger partial charge in [-0.25, -0.2) is 9.97 Å². The second-order valence-corrected chi connectivity index (χ2v) is 5.14. The zero-order chi connectivity index (χ0) is 14.7. The first-order valence-electron chi connectivity index (χ1n) is 7.40. The van der Waals surface area contributed by atoms with Gasteiger partial charge in [-0.15, -0.1) is 0 Å². The van der Waals surface area contributed by atoms with E-state index in [2.05, 4.69) is 44.6 Å². The van der Waals surface area contributed by atoms with Crippen LogP contribution in [0.5, 0.6) is 0 Å². The molecule has 110 valence electrons. The van der Waals surface area contributed by atoms with Gasteiger partial charge in [0.25, 0.3) is 0 Å². The molecule has 0 atom stereocenters. The van der Waals surface area contributed by atoms with Gasteiger partial charge in [-0.1, -0.05) is 12.1 Å². The molecule has 0 aliphatic carbocycles. The molecule has 3 rings (SSSR count). The smallest absolute Gasteiger partial charge is 0.123 e. The quantitative estimate of drug-likeness (QED) is 0.705. The molecule has 1 N–H and O–H groups in total. The molecule has 5 heteroatoms. The van der Waals surface area contributed by atoms with Gasteiger partial charge in [0.1, 0.15) is 11.6 Å². The van der Waals surface area contributed by atoms with Crippen LogP contribution < -0.4 is 5.32 Å². The van der Waals surface area contributed by atoms with Crippen LogP contribution in [0, 0.1) is 0 Å². The molecule has 2 aromatic heterocycles. The van der Waals surface area contributed by atoms with Gasteiger partial charge in [-0.05, 0) is 19.1 Å². The number of nitrogens with one attached hydrogen (secondary N) is 1. The van der Waals surface area contributed by atoms with Gasteiger partial charge in [-0.2, -0.15) is 0 Å². The molecule has 0 spiro atoms. The molecule has 1 aromatic carbocycles. The molecule has 5 nitrogen and oxygen atoms in total. The van der Waals surface area contributed by atoms with Crippen LogP contribution in [-0.4, -0.2) is 25.6 Å². The van der Waals surface area contributed by atoms with Crippen LogP contribution in [0.1, 0.15) is 18.6 Å². The number of hydrogen-bond acceptors (Lipinski definition) is 3. The summed E-state index contributed by atoms with van der Waals surface area (Å²) in [6, 6.07) is 8.30. The first-order valence-corrected chi connectivity index (χ1v) is 7.40. The minimum atomic E-state index is 0.785. The van der Waals surface area contributed by atoms with Gasteiger partial charge in [0, 0.05) is 39.0 Å². The van der Waals surface area contributed by atoms with Gasteiger partial charge in [0.2, 0.25) is 0 Å². The fraction of sp³-hybridized carbons (Fsp3) is 0.375. The number of aryl methyl sites for hydroxylation is 2. The van der Waals surface area contributed by atoms with Gasteiger partial charge in [0.05, 0.1) is 17.6 Å². The Morgan fingerprint density at radius 1 is 1.19 bits per heavy atom. The largest absolute Gasteiger partial charge is 0.338 e. The lowest BCUT2D eigenvalue weighted by molar-refractivity contribution is 0.607. The Morgan fingerprint density at radius 2 is 2.05 bits per heavy atom. The molecular weight excluding hydrogens is 262 g/mol. The molecular formula is C16H21N5. The van der Waals surface area contributed by atoms with Crippen molar-refractivity contribution in [2.45, 2.75) is 26.4 Å². The standard InChI is InChI=1S/C16H21N5/c1-3-21-14-7-5-4-6-13(14)19-16(21)12-17-9-8-15-18-10-11-20(15)2/h4-7,10-11,17H,3,8-9,12H2,1-2H3. The van der Waals surface area contributed by atoms with Gasteiger partial charge < -0.3 is 14.5 Å². The Bertz CT molecular complexity index is 725. The van der Waals surface area contributed by atoms with E-state index in [0.29, 0.717) is 0 Å². The van der Waals surface area contributed by atoms with E-state index in [4.69, 9.17) is 4.98 Å². The van der Waals surface area contributed by atoms with Crippen molar-refractivity contribution >= 4 is 11.0 Å². The van der Waals surface area contributed by atoms with E-state index >= 15 is 0 Å². The highest BCUT2D eigenvalue weighted by atomic mass is 15.1. The van der Waals surface area contributed by atoms with Crippen LogP contribution in [0.2, 0.25) is 0 Å². The fourth-order valence-electron chi connectivity index (χ4n) is 2.65. The summed E-state index contributed by atoms with van der Waals surface area (Å²) in [6.07, 6.45) is 4.74. The summed E-state index contributed by atoms with van der Waals surface area (Å²) >= 11 is 0. The van der Waals surface area contributed by atoms with Crippen LogP contribution >= 0.6 is 0 Å². The molecule has 0 saturated heterocycles. The van der Waals surface area contributed by atoms with Crippen molar-refractivity contribution in [3.8, 4) is 0 Å². The number of rotatable bonds is 6. The van der Waals surface area contributed by atoms with Crippen LogP contribution in [0.15, 0.2) is 36.7 Å². The van der Waals surface area contributed by atoms with Crippen molar-refractivity contribution < 1.29 is 0 Å². The molecule has 0 bridgehead atoms. The molecule has 0 aliphatic heterocycles. The highest BCUT2D eigenvalue weighted by Crippen LogP contribution is 2.15. The number of imidazole rings is 2. The first kappa shape index (κ1) is 13.8. The average Bonchev–Trinajstić information content (AvgIpc) is 3.06. The van der Waals surface area contributed by atoms with Gasteiger partial charge in [0.15, 0.2) is 0 Å². The summed E-state index contributed by atoms with van der Waals surface area (Å²) in [5.74, 6) is 2.20. The van der Waals surface area contributed by atoms with Crippen molar-refractivity contribution in [1.29, 1.82) is 0 Å². The van der Waals surface area contributed by atoms with Crippen molar-refractivity contribution in [2.24, 2.45) is 7.05 Å². The maximum absolute atomic E-state index is 4.72. The zero-order valence-corrected chi connectivity index (χ0v) is 12.6. The summed E-state index contributed by atoms with van der Waals surface area (Å²) in [5, 5.41) is 3.47. The highest BCUT2D eigenvalue weighted by molar-refractivity contribution is 5.75. The first-order chi connectivity index (χ1) is 10.3. The highest BCUT2D eigenvalue weighted by Gasteiger charge is 2.08. The lowest BCUT2D eigenvalue weighted by Gasteiger charge is -2.07. The number of nitrogens with zero attached hydrogens (tertiary/aromatic N) is 4. The molecule has 2 heterocycles. The van der Waals surface area contributed by atoms with Gasteiger partial charge >= 0.3 is 0 Å². The normalized spacial score (nSPS) is 11.3. The number of aromatic nitrogens is 4. The lowest BCUT2D eigenvalue weighted by Crippen LogP contribution is -2.20. The van der Waals surface area contributed by atoms with E-state index in [1.54, 1.807) is 0 Å². The third-order valence-electron chi connectivity index (χ3n) is 3.78. The number of benzene rings is 1. The predicted molar refractivity (Wildman–Crippen MR) is 84.0 cm³/mol. The van der Waals surface area contributed by atoms with Crippen LogP contribution in [-0.2, 0) is 26.6 Å².